The Morgan fingerprint density at radius 3 is 2.27 bits per heavy atom. The van der Waals surface area contributed by atoms with Gasteiger partial charge in [-0.25, -0.2) is 8.78 Å². The first kappa shape index (κ1) is 31.5. The number of carbonyl (C=O) groups excluding carboxylic acids is 2. The molecule has 0 aliphatic carbocycles. The van der Waals surface area contributed by atoms with Crippen LogP contribution in [0.3, 0.4) is 0 Å². The Bertz CT molecular complexity index is 1360. The minimum atomic E-state index is -0.723. The predicted octanol–water partition coefficient (Wildman–Crippen LogP) is 5.36. The van der Waals surface area contributed by atoms with Crippen molar-refractivity contribution in [2.75, 3.05) is 39.3 Å². The minimum Gasteiger partial charge on any atom is -0.351 e. The minimum absolute atomic E-state index is 0.0392. The molecule has 2 amide bonds. The molecule has 5 rings (SSSR count). The third kappa shape index (κ3) is 8.83. The number of benzene rings is 3. The van der Waals surface area contributed by atoms with Gasteiger partial charge in [-0.2, -0.15) is 0 Å². The first-order chi connectivity index (χ1) is 21.5. The predicted molar refractivity (Wildman–Crippen MR) is 170 cm³/mol. The molecule has 2 aliphatic rings. The third-order valence-electron chi connectivity index (χ3n) is 8.68. The number of likely N-dealkylation sites (tertiary alicyclic amines) is 1. The highest BCUT2D eigenvalue weighted by Gasteiger charge is 2.33. The average Bonchev–Trinajstić information content (AvgIpc) is 3.20. The normalized spacial score (nSPS) is 19.8. The summed E-state index contributed by atoms with van der Waals surface area (Å²) < 4.78 is 27.2. The van der Waals surface area contributed by atoms with Gasteiger partial charge in [-0.3, -0.25) is 9.59 Å². The highest BCUT2D eigenvalue weighted by atomic mass is 19.1. The van der Waals surface area contributed by atoms with Crippen LogP contribution in [0.2, 0.25) is 0 Å². The Labute approximate surface area is 259 Å². The standard InChI is InChI=1S/C36H42F2N4O2/c37-30-16-14-29(33(38)24-30)15-17-35(43)39-25-31-18-23-42(36(44)34(40-31)19-22-41-20-8-3-9-21-41)26-32(27-10-4-1-5-11-27)28-12-6-2-7-13-28/h1-2,4-7,10-17,24,31-32,34,40H,3,8-9,18-23,25-26H2,(H,39,43)/b17-15+/t31-,34-/m0/s1. The smallest absolute Gasteiger partial charge is 0.244 e. The summed E-state index contributed by atoms with van der Waals surface area (Å²) in [4.78, 5) is 31.2. The summed E-state index contributed by atoms with van der Waals surface area (Å²) in [6.07, 6.45) is 7.61. The van der Waals surface area contributed by atoms with Gasteiger partial charge in [0.25, 0.3) is 0 Å². The van der Waals surface area contributed by atoms with Gasteiger partial charge in [-0.15, -0.1) is 0 Å². The van der Waals surface area contributed by atoms with Crippen molar-refractivity contribution in [3.8, 4) is 0 Å². The summed E-state index contributed by atoms with van der Waals surface area (Å²) >= 11 is 0. The molecule has 2 fully saturated rings. The molecule has 0 bridgehead atoms. The number of nitrogens with one attached hydrogen (secondary N) is 2. The molecule has 0 saturated carbocycles. The Hall–Kier alpha value is -3.88. The summed E-state index contributed by atoms with van der Waals surface area (Å²) in [6, 6.07) is 23.4. The first-order valence-corrected chi connectivity index (χ1v) is 15.7. The van der Waals surface area contributed by atoms with E-state index in [4.69, 9.17) is 0 Å². The van der Waals surface area contributed by atoms with E-state index in [-0.39, 0.29) is 35.4 Å². The van der Waals surface area contributed by atoms with Crippen molar-refractivity contribution in [2.45, 2.75) is 50.1 Å². The van der Waals surface area contributed by atoms with E-state index in [0.29, 0.717) is 32.5 Å². The SMILES string of the molecule is O=C(/C=C/c1ccc(F)cc1F)NC[C@@H]1CCN(CC(c2ccccc2)c2ccccc2)C(=O)[C@H](CCN2CCCCC2)N1. The van der Waals surface area contributed by atoms with E-state index in [1.807, 2.05) is 41.3 Å². The zero-order valence-corrected chi connectivity index (χ0v) is 25.1. The van der Waals surface area contributed by atoms with Crippen LogP contribution in [0.1, 0.15) is 54.7 Å². The zero-order chi connectivity index (χ0) is 30.7. The van der Waals surface area contributed by atoms with Gasteiger partial charge in [-0.1, -0.05) is 67.1 Å². The number of amides is 2. The second-order valence-electron chi connectivity index (χ2n) is 11.8. The van der Waals surface area contributed by atoms with Crippen LogP contribution in [0.4, 0.5) is 8.78 Å². The number of hydrogen-bond donors (Lipinski definition) is 2. The molecule has 2 saturated heterocycles. The average molecular weight is 601 g/mol. The van der Waals surface area contributed by atoms with Gasteiger partial charge in [0, 0.05) is 55.8 Å². The molecule has 0 aromatic heterocycles. The maximum atomic E-state index is 14.1. The molecule has 2 N–H and O–H groups in total. The van der Waals surface area contributed by atoms with Crippen molar-refractivity contribution < 1.29 is 18.4 Å². The van der Waals surface area contributed by atoms with E-state index >= 15 is 0 Å². The van der Waals surface area contributed by atoms with Gasteiger partial charge in [-0.05, 0) is 68.1 Å². The Morgan fingerprint density at radius 1 is 0.932 bits per heavy atom. The van der Waals surface area contributed by atoms with Crippen LogP contribution in [0.25, 0.3) is 6.08 Å². The lowest BCUT2D eigenvalue weighted by Crippen LogP contribution is -2.50. The van der Waals surface area contributed by atoms with Crippen molar-refractivity contribution in [2.24, 2.45) is 0 Å². The molecule has 8 heteroatoms. The number of carbonyl (C=O) groups is 2. The van der Waals surface area contributed by atoms with Crippen molar-refractivity contribution in [1.29, 1.82) is 0 Å². The molecule has 2 aliphatic heterocycles. The number of rotatable bonds is 11. The molecular weight excluding hydrogens is 558 g/mol. The lowest BCUT2D eigenvalue weighted by molar-refractivity contribution is -0.133. The Balaban J connectivity index is 1.28. The summed E-state index contributed by atoms with van der Waals surface area (Å²) in [5, 5.41) is 6.48. The van der Waals surface area contributed by atoms with Gasteiger partial charge in [0.05, 0.1) is 6.04 Å². The maximum absolute atomic E-state index is 14.1. The maximum Gasteiger partial charge on any atom is 0.244 e. The molecule has 2 heterocycles. The van der Waals surface area contributed by atoms with E-state index in [1.54, 1.807) is 0 Å². The molecule has 0 radical (unpaired) electrons. The molecule has 0 unspecified atom stereocenters. The second-order valence-corrected chi connectivity index (χ2v) is 11.8. The van der Waals surface area contributed by atoms with Crippen LogP contribution in [-0.4, -0.2) is 73.0 Å². The zero-order valence-electron chi connectivity index (χ0n) is 25.1. The van der Waals surface area contributed by atoms with Gasteiger partial charge >= 0.3 is 0 Å². The van der Waals surface area contributed by atoms with E-state index < -0.39 is 11.6 Å². The second kappa shape index (κ2) is 15.7. The van der Waals surface area contributed by atoms with Crippen LogP contribution >= 0.6 is 0 Å². The van der Waals surface area contributed by atoms with E-state index in [0.717, 1.165) is 31.8 Å². The molecular formula is C36H42F2N4O2. The van der Waals surface area contributed by atoms with Gasteiger partial charge in [0.15, 0.2) is 0 Å². The van der Waals surface area contributed by atoms with Crippen molar-refractivity contribution in [3.63, 3.8) is 0 Å². The third-order valence-corrected chi connectivity index (χ3v) is 8.68. The lowest BCUT2D eigenvalue weighted by atomic mass is 9.90. The molecule has 3 aromatic rings. The largest absolute Gasteiger partial charge is 0.351 e. The van der Waals surface area contributed by atoms with Crippen LogP contribution < -0.4 is 10.6 Å². The van der Waals surface area contributed by atoms with E-state index in [1.165, 1.54) is 48.6 Å². The highest BCUT2D eigenvalue weighted by molar-refractivity contribution is 5.91. The van der Waals surface area contributed by atoms with Crippen LogP contribution in [0, 0.1) is 11.6 Å². The number of piperidine rings is 1. The fourth-order valence-corrected chi connectivity index (χ4v) is 6.20. The molecule has 3 aromatic carbocycles. The first-order valence-electron chi connectivity index (χ1n) is 15.7. The Morgan fingerprint density at radius 2 is 1.61 bits per heavy atom. The monoisotopic (exact) mass is 600 g/mol. The summed E-state index contributed by atoms with van der Waals surface area (Å²) in [5.41, 5.74) is 2.48. The number of hydrogen-bond acceptors (Lipinski definition) is 4. The van der Waals surface area contributed by atoms with Gasteiger partial charge < -0.3 is 20.4 Å². The lowest BCUT2D eigenvalue weighted by Gasteiger charge is -2.31. The topological polar surface area (TPSA) is 64.7 Å². The summed E-state index contributed by atoms with van der Waals surface area (Å²) in [5.74, 6) is -1.63. The summed E-state index contributed by atoms with van der Waals surface area (Å²) in [6.45, 7) is 4.45. The fraction of sp³-hybridized carbons (Fsp3) is 0.389. The number of halogens is 2. The van der Waals surface area contributed by atoms with Gasteiger partial charge in [0.2, 0.25) is 11.8 Å². The molecule has 0 spiro atoms. The quantitative estimate of drug-likeness (QED) is 0.291. The molecule has 44 heavy (non-hydrogen) atoms. The Kier molecular flexibility index (Phi) is 11.3. The van der Waals surface area contributed by atoms with Crippen molar-refractivity contribution >= 4 is 17.9 Å². The van der Waals surface area contributed by atoms with Gasteiger partial charge in [0.1, 0.15) is 11.6 Å². The van der Waals surface area contributed by atoms with E-state index in [9.17, 15) is 18.4 Å². The highest BCUT2D eigenvalue weighted by Crippen LogP contribution is 2.27. The van der Waals surface area contributed by atoms with Crippen molar-refractivity contribution in [3.05, 3.63) is 113 Å². The molecule has 2 atom stereocenters. The van der Waals surface area contributed by atoms with Crippen LogP contribution in [-0.2, 0) is 9.59 Å². The summed E-state index contributed by atoms with van der Waals surface area (Å²) in [7, 11) is 0. The van der Waals surface area contributed by atoms with E-state index in [2.05, 4.69) is 39.8 Å². The molecule has 6 nitrogen and oxygen atoms in total. The van der Waals surface area contributed by atoms with Crippen LogP contribution in [0.5, 0.6) is 0 Å². The molecule has 232 valence electrons. The fourth-order valence-electron chi connectivity index (χ4n) is 6.20. The number of nitrogens with zero attached hydrogens (tertiary/aromatic N) is 2. The van der Waals surface area contributed by atoms with Crippen molar-refractivity contribution in [1.82, 2.24) is 20.4 Å². The van der Waals surface area contributed by atoms with Crippen LogP contribution in [0.15, 0.2) is 84.9 Å².